The molecule has 6 nitrogen and oxygen atoms in total. The van der Waals surface area contributed by atoms with E-state index in [1.54, 1.807) is 23.7 Å². The average Bonchev–Trinajstić information content (AvgIpc) is 3.28. The smallest absolute Gasteiger partial charge is 0.407 e. The van der Waals surface area contributed by atoms with Gasteiger partial charge >= 0.3 is 6.09 Å². The van der Waals surface area contributed by atoms with Crippen molar-refractivity contribution in [1.29, 1.82) is 0 Å². The zero-order valence-electron chi connectivity index (χ0n) is 17.2. The van der Waals surface area contributed by atoms with Gasteiger partial charge in [0.2, 0.25) is 0 Å². The quantitative estimate of drug-likeness (QED) is 0.343. The summed E-state index contributed by atoms with van der Waals surface area (Å²) in [5, 5.41) is 9.80. The van der Waals surface area contributed by atoms with Crippen molar-refractivity contribution < 1.29 is 9.53 Å². The molecule has 1 amide bonds. The van der Waals surface area contributed by atoms with Gasteiger partial charge in [-0.05, 0) is 44.0 Å². The predicted molar refractivity (Wildman–Crippen MR) is 130 cm³/mol. The maximum absolute atomic E-state index is 11.5. The van der Waals surface area contributed by atoms with Crippen LogP contribution in [0.2, 0.25) is 10.0 Å². The van der Waals surface area contributed by atoms with Gasteiger partial charge in [-0.3, -0.25) is 0 Å². The summed E-state index contributed by atoms with van der Waals surface area (Å²) in [6, 6.07) is 3.92. The summed E-state index contributed by atoms with van der Waals surface area (Å²) >= 11 is 15.0. The molecule has 0 bridgehead atoms. The van der Waals surface area contributed by atoms with E-state index in [0.29, 0.717) is 18.1 Å². The van der Waals surface area contributed by atoms with Crippen LogP contribution in [0.15, 0.2) is 35.3 Å². The molecule has 4 aromatic heterocycles. The summed E-state index contributed by atoms with van der Waals surface area (Å²) in [5.74, 6) is 0. The Morgan fingerprint density at radius 3 is 2.06 bits per heavy atom. The highest BCUT2D eigenvalue weighted by Gasteiger charge is 2.15. The van der Waals surface area contributed by atoms with Crippen LogP contribution in [-0.4, -0.2) is 21.7 Å². The van der Waals surface area contributed by atoms with E-state index in [2.05, 4.69) is 15.3 Å². The van der Waals surface area contributed by atoms with E-state index in [-0.39, 0.29) is 0 Å². The molecule has 0 aromatic carbocycles. The number of carbonyl (C=O) groups excluding carboxylic acids is 1. The standard InChI is InChI=1S/C13H15ClN2O2S.C8H7ClN2S/c1-13(2,3)18-12(17)16-6-8-4-9-10(14)7-19-11(9)15-5-8;9-7-4-12-8-6(7)1-5(2-10)3-11-8/h4-5,7H,6H2,1-3H3,(H,16,17);1,3-4H,2,10H2. The topological polar surface area (TPSA) is 90.1 Å². The number of nitrogens with one attached hydrogen (secondary N) is 1. The number of ether oxygens (including phenoxy) is 1. The van der Waals surface area contributed by atoms with E-state index >= 15 is 0 Å². The van der Waals surface area contributed by atoms with E-state index in [9.17, 15) is 4.79 Å². The molecule has 0 aliphatic heterocycles. The Labute approximate surface area is 198 Å². The third-order valence-electron chi connectivity index (χ3n) is 3.95. The molecule has 0 saturated carbocycles. The monoisotopic (exact) mass is 496 g/mol. The maximum atomic E-state index is 11.5. The lowest BCUT2D eigenvalue weighted by atomic mass is 10.2. The van der Waals surface area contributed by atoms with Crippen molar-refractivity contribution in [2.45, 2.75) is 39.5 Å². The third kappa shape index (κ3) is 6.51. The second kappa shape index (κ2) is 10.1. The molecule has 0 fully saturated rings. The fourth-order valence-electron chi connectivity index (χ4n) is 2.56. The van der Waals surface area contributed by atoms with Crippen molar-refractivity contribution >= 4 is 72.4 Å². The maximum Gasteiger partial charge on any atom is 0.407 e. The summed E-state index contributed by atoms with van der Waals surface area (Å²) in [6.45, 7) is 6.35. The molecule has 0 unspecified atom stereocenters. The van der Waals surface area contributed by atoms with Crippen LogP contribution >= 0.6 is 45.9 Å². The first-order valence-corrected chi connectivity index (χ1v) is 11.9. The number of alkyl carbamates (subject to hydrolysis) is 1. The first kappa shape index (κ1) is 23.7. The van der Waals surface area contributed by atoms with Gasteiger partial charge in [0, 0.05) is 47.0 Å². The lowest BCUT2D eigenvalue weighted by molar-refractivity contribution is 0.0523. The van der Waals surface area contributed by atoms with Crippen molar-refractivity contribution in [3.63, 3.8) is 0 Å². The largest absolute Gasteiger partial charge is 0.444 e. The summed E-state index contributed by atoms with van der Waals surface area (Å²) < 4.78 is 5.16. The number of amides is 1. The van der Waals surface area contributed by atoms with Crippen molar-refractivity contribution in [3.8, 4) is 0 Å². The molecule has 4 aromatic rings. The van der Waals surface area contributed by atoms with Gasteiger partial charge in [0.25, 0.3) is 0 Å². The van der Waals surface area contributed by atoms with Crippen molar-refractivity contribution in [2.24, 2.45) is 5.73 Å². The summed E-state index contributed by atoms with van der Waals surface area (Å²) in [7, 11) is 0. The zero-order valence-corrected chi connectivity index (χ0v) is 20.4. The van der Waals surface area contributed by atoms with Gasteiger partial charge in [0.05, 0.1) is 10.0 Å². The Kier molecular flexibility index (Phi) is 7.72. The van der Waals surface area contributed by atoms with Crippen LogP contribution in [0.25, 0.3) is 20.4 Å². The number of hydrogen-bond donors (Lipinski definition) is 2. The van der Waals surface area contributed by atoms with Gasteiger partial charge < -0.3 is 15.8 Å². The fourth-order valence-corrected chi connectivity index (χ4v) is 4.73. The molecule has 3 N–H and O–H groups in total. The highest BCUT2D eigenvalue weighted by Crippen LogP contribution is 2.29. The fraction of sp³-hybridized carbons (Fsp3) is 0.286. The van der Waals surface area contributed by atoms with Gasteiger partial charge in [0.15, 0.2) is 0 Å². The summed E-state index contributed by atoms with van der Waals surface area (Å²) in [4.78, 5) is 21.9. The molecule has 0 aliphatic rings. The minimum Gasteiger partial charge on any atom is -0.444 e. The van der Waals surface area contributed by atoms with E-state index in [4.69, 9.17) is 33.7 Å². The van der Waals surface area contributed by atoms with Gasteiger partial charge in [-0.2, -0.15) is 0 Å². The molecular weight excluding hydrogens is 475 g/mol. The van der Waals surface area contributed by atoms with Gasteiger partial charge in [-0.25, -0.2) is 14.8 Å². The third-order valence-corrected chi connectivity index (χ3v) is 6.64. The van der Waals surface area contributed by atoms with Crippen molar-refractivity contribution in [2.75, 3.05) is 0 Å². The number of halogens is 2. The van der Waals surface area contributed by atoms with Crippen LogP contribution in [-0.2, 0) is 17.8 Å². The molecule has 0 atom stereocenters. The number of rotatable bonds is 3. The van der Waals surface area contributed by atoms with Gasteiger partial charge in [0.1, 0.15) is 15.3 Å². The first-order chi connectivity index (χ1) is 14.7. The second-order valence-electron chi connectivity index (χ2n) is 7.62. The minimum absolute atomic E-state index is 0.365. The molecule has 0 aliphatic carbocycles. The van der Waals surface area contributed by atoms with Gasteiger partial charge in [-0.15, -0.1) is 22.7 Å². The Bertz CT molecular complexity index is 1200. The molecule has 4 heterocycles. The van der Waals surface area contributed by atoms with Crippen molar-refractivity contribution in [3.05, 3.63) is 56.5 Å². The molecule has 0 spiro atoms. The normalized spacial score (nSPS) is 11.3. The van der Waals surface area contributed by atoms with E-state index in [0.717, 1.165) is 36.6 Å². The number of pyridine rings is 2. The zero-order chi connectivity index (χ0) is 22.6. The average molecular weight is 497 g/mol. The lowest BCUT2D eigenvalue weighted by Crippen LogP contribution is -2.32. The Hall–Kier alpha value is -1.97. The van der Waals surface area contributed by atoms with Crippen LogP contribution in [0.1, 0.15) is 31.9 Å². The van der Waals surface area contributed by atoms with Crippen LogP contribution in [0.3, 0.4) is 0 Å². The number of thiophene rings is 2. The van der Waals surface area contributed by atoms with Crippen LogP contribution < -0.4 is 11.1 Å². The Morgan fingerprint density at radius 2 is 1.55 bits per heavy atom. The van der Waals surface area contributed by atoms with E-state index < -0.39 is 11.7 Å². The number of aromatic nitrogens is 2. The number of fused-ring (bicyclic) bond motifs is 2. The molecule has 164 valence electrons. The molecule has 31 heavy (non-hydrogen) atoms. The molecule has 0 radical (unpaired) electrons. The minimum atomic E-state index is -0.497. The van der Waals surface area contributed by atoms with Crippen LogP contribution in [0, 0.1) is 0 Å². The number of carbonyl (C=O) groups is 1. The molecule has 4 rings (SSSR count). The lowest BCUT2D eigenvalue weighted by Gasteiger charge is -2.19. The summed E-state index contributed by atoms with van der Waals surface area (Å²) in [5.41, 5.74) is 6.89. The van der Waals surface area contributed by atoms with Crippen LogP contribution in [0.5, 0.6) is 0 Å². The second-order valence-corrected chi connectivity index (χ2v) is 10.2. The highest BCUT2D eigenvalue weighted by atomic mass is 35.5. The van der Waals surface area contributed by atoms with Gasteiger partial charge in [-0.1, -0.05) is 23.2 Å². The first-order valence-electron chi connectivity index (χ1n) is 9.36. The Morgan fingerprint density at radius 1 is 1.03 bits per heavy atom. The number of nitrogens with zero attached hydrogens (tertiary/aromatic N) is 2. The molecule has 10 heteroatoms. The van der Waals surface area contributed by atoms with Crippen LogP contribution in [0.4, 0.5) is 4.79 Å². The highest BCUT2D eigenvalue weighted by molar-refractivity contribution is 7.17. The van der Waals surface area contributed by atoms with Crippen molar-refractivity contribution in [1.82, 2.24) is 15.3 Å². The Balaban J connectivity index is 0.000000194. The SMILES string of the molecule is CC(C)(C)OC(=O)NCc1cnc2scc(Cl)c2c1.NCc1cnc2scc(Cl)c2c1. The molecule has 0 saturated heterocycles. The summed E-state index contributed by atoms with van der Waals surface area (Å²) in [6.07, 6.45) is 3.07. The molecular formula is C21H22Cl2N4O2S2. The predicted octanol–water partition coefficient (Wildman–Crippen LogP) is 6.38. The van der Waals surface area contributed by atoms with E-state index in [1.165, 1.54) is 11.3 Å². The van der Waals surface area contributed by atoms with E-state index in [1.807, 2.05) is 43.7 Å². The number of hydrogen-bond acceptors (Lipinski definition) is 7. The number of nitrogens with two attached hydrogens (primary N) is 1.